The first-order valence-corrected chi connectivity index (χ1v) is 11.0. The van der Waals surface area contributed by atoms with Crippen LogP contribution in [0.25, 0.3) is 15.9 Å². The predicted molar refractivity (Wildman–Crippen MR) is 121 cm³/mol. The Hall–Kier alpha value is -3.09. The summed E-state index contributed by atoms with van der Waals surface area (Å²) < 4.78 is 4.27. The second-order valence-corrected chi connectivity index (χ2v) is 8.78. The summed E-state index contributed by atoms with van der Waals surface area (Å²) in [7, 11) is 0. The molecule has 0 radical (unpaired) electrons. The molecule has 5 nitrogen and oxygen atoms in total. The highest BCUT2D eigenvalue weighted by molar-refractivity contribution is 7.15. The Labute approximate surface area is 181 Å². The fourth-order valence-electron chi connectivity index (χ4n) is 4.49. The van der Waals surface area contributed by atoms with E-state index in [4.69, 9.17) is 11.6 Å². The number of hydrogen-bond acceptors (Lipinski definition) is 3. The summed E-state index contributed by atoms with van der Waals surface area (Å²) in [5, 5.41) is 6.62. The van der Waals surface area contributed by atoms with Crippen LogP contribution < -0.4 is 5.32 Å². The average molecular weight is 433 g/mol. The van der Waals surface area contributed by atoms with Gasteiger partial charge in [0.05, 0.1) is 16.9 Å². The minimum atomic E-state index is -0.176. The summed E-state index contributed by atoms with van der Waals surface area (Å²) in [4.78, 5) is 18.1. The number of thiazole rings is 1. The molecule has 30 heavy (non-hydrogen) atoms. The van der Waals surface area contributed by atoms with Gasteiger partial charge in [0.25, 0.3) is 0 Å². The zero-order valence-electron chi connectivity index (χ0n) is 15.9. The fourth-order valence-corrected chi connectivity index (χ4v) is 5.57. The molecule has 148 valence electrons. The third-order valence-corrected chi connectivity index (χ3v) is 6.79. The van der Waals surface area contributed by atoms with E-state index in [1.807, 2.05) is 34.2 Å². The lowest BCUT2D eigenvalue weighted by atomic mass is 9.93. The van der Waals surface area contributed by atoms with Gasteiger partial charge in [-0.1, -0.05) is 48.0 Å². The number of nitrogens with zero attached hydrogens (tertiary/aromatic N) is 3. The van der Waals surface area contributed by atoms with Crippen LogP contribution in [0.1, 0.15) is 29.2 Å². The topological polar surface area (TPSA) is 51.3 Å². The van der Waals surface area contributed by atoms with Crippen LogP contribution in [-0.2, 0) is 11.3 Å². The van der Waals surface area contributed by atoms with E-state index < -0.39 is 0 Å². The van der Waals surface area contributed by atoms with Crippen molar-refractivity contribution in [1.82, 2.24) is 14.0 Å². The molecule has 4 heterocycles. The summed E-state index contributed by atoms with van der Waals surface area (Å²) in [5.41, 5.74) is 5.15. The van der Waals surface area contributed by atoms with Crippen LogP contribution in [0.3, 0.4) is 0 Å². The van der Waals surface area contributed by atoms with E-state index in [0.29, 0.717) is 11.6 Å². The molecule has 1 aliphatic heterocycles. The quantitative estimate of drug-likeness (QED) is 0.407. The van der Waals surface area contributed by atoms with Gasteiger partial charge in [0.2, 0.25) is 5.91 Å². The van der Waals surface area contributed by atoms with Crippen molar-refractivity contribution in [3.8, 4) is 0 Å². The highest BCUT2D eigenvalue weighted by Crippen LogP contribution is 2.43. The van der Waals surface area contributed by atoms with Gasteiger partial charge in [-0.05, 0) is 23.3 Å². The summed E-state index contributed by atoms with van der Waals surface area (Å²) in [6, 6.07) is 16.5. The maximum atomic E-state index is 12.8. The summed E-state index contributed by atoms with van der Waals surface area (Å²) in [6.07, 6.45) is 4.47. The molecular weight excluding hydrogens is 416 g/mol. The van der Waals surface area contributed by atoms with E-state index in [2.05, 4.69) is 51.4 Å². The van der Waals surface area contributed by atoms with Crippen LogP contribution in [-0.4, -0.2) is 19.9 Å². The molecular formula is C23H17ClN4OS. The number of amides is 1. The molecule has 1 aliphatic rings. The average Bonchev–Trinajstić information content (AvgIpc) is 3.38. The van der Waals surface area contributed by atoms with Crippen LogP contribution in [0.4, 0.5) is 5.69 Å². The van der Waals surface area contributed by atoms with Crippen LogP contribution >= 0.6 is 22.9 Å². The minimum absolute atomic E-state index is 0.0143. The van der Waals surface area contributed by atoms with E-state index in [1.54, 1.807) is 0 Å². The van der Waals surface area contributed by atoms with E-state index in [1.165, 1.54) is 16.9 Å². The Morgan fingerprint density at radius 1 is 1.17 bits per heavy atom. The molecule has 0 aliphatic carbocycles. The molecule has 1 unspecified atom stereocenters. The van der Waals surface area contributed by atoms with Crippen molar-refractivity contribution in [2.75, 3.05) is 5.32 Å². The Kier molecular flexibility index (Phi) is 3.97. The van der Waals surface area contributed by atoms with Crippen LogP contribution in [0.2, 0.25) is 5.15 Å². The maximum absolute atomic E-state index is 12.8. The fraction of sp³-hybridized carbons (Fsp3) is 0.130. The number of rotatable bonds is 3. The van der Waals surface area contributed by atoms with Gasteiger partial charge in [0.15, 0.2) is 10.1 Å². The van der Waals surface area contributed by atoms with Gasteiger partial charge >= 0.3 is 0 Å². The van der Waals surface area contributed by atoms with Gasteiger partial charge in [0, 0.05) is 42.0 Å². The Morgan fingerprint density at radius 2 is 2.03 bits per heavy atom. The Bertz CT molecular complexity index is 1420. The van der Waals surface area contributed by atoms with E-state index in [-0.39, 0.29) is 11.8 Å². The number of anilines is 1. The smallest absolute Gasteiger partial charge is 0.225 e. The van der Waals surface area contributed by atoms with Gasteiger partial charge in [-0.2, -0.15) is 0 Å². The number of imidazole rings is 1. The second kappa shape index (κ2) is 6.72. The lowest BCUT2D eigenvalue weighted by molar-refractivity contribution is -0.116. The van der Waals surface area contributed by atoms with Crippen molar-refractivity contribution in [3.05, 3.63) is 88.3 Å². The standard InChI is InChI=1S/C23H17ClN4OS/c24-22-21(28-9-10-30-23(28)26-22)15-11-19(29)25-17-7-4-8-18-20(17)16(15)13-27(18)12-14-5-2-1-3-6-14/h1-10,13,15H,11-12H2,(H,25,29). The Morgan fingerprint density at radius 3 is 2.90 bits per heavy atom. The molecule has 1 atom stereocenters. The number of halogens is 1. The highest BCUT2D eigenvalue weighted by Gasteiger charge is 2.32. The lowest BCUT2D eigenvalue weighted by Gasteiger charge is -2.14. The van der Waals surface area contributed by atoms with Gasteiger partial charge in [-0.15, -0.1) is 11.3 Å². The van der Waals surface area contributed by atoms with E-state index in [0.717, 1.165) is 39.4 Å². The molecule has 0 fully saturated rings. The maximum Gasteiger partial charge on any atom is 0.225 e. The number of nitrogens with one attached hydrogen (secondary N) is 1. The molecule has 1 amide bonds. The number of fused-ring (bicyclic) bond motifs is 1. The first kappa shape index (κ1) is 17.7. The molecule has 7 heteroatoms. The number of benzene rings is 2. The lowest BCUT2D eigenvalue weighted by Crippen LogP contribution is -2.15. The summed E-state index contributed by atoms with van der Waals surface area (Å²) >= 11 is 8.12. The van der Waals surface area contributed by atoms with E-state index in [9.17, 15) is 4.79 Å². The molecule has 0 bridgehead atoms. The zero-order valence-corrected chi connectivity index (χ0v) is 17.5. The van der Waals surface area contributed by atoms with Gasteiger partial charge in [0.1, 0.15) is 0 Å². The van der Waals surface area contributed by atoms with Gasteiger partial charge in [-0.3, -0.25) is 9.20 Å². The van der Waals surface area contributed by atoms with E-state index >= 15 is 0 Å². The molecule has 5 aromatic rings. The first-order valence-electron chi connectivity index (χ1n) is 9.75. The number of carbonyl (C=O) groups excluding carboxylic acids is 1. The van der Waals surface area contributed by atoms with Crippen LogP contribution in [0.5, 0.6) is 0 Å². The Balaban J connectivity index is 1.59. The van der Waals surface area contributed by atoms with Crippen molar-refractivity contribution < 1.29 is 4.79 Å². The highest BCUT2D eigenvalue weighted by atomic mass is 35.5. The molecule has 0 saturated carbocycles. The predicted octanol–water partition coefficient (Wildman–Crippen LogP) is 5.53. The number of hydrogen-bond donors (Lipinski definition) is 1. The van der Waals surface area contributed by atoms with Crippen molar-refractivity contribution in [2.24, 2.45) is 0 Å². The van der Waals surface area contributed by atoms with Crippen LogP contribution in [0.15, 0.2) is 66.3 Å². The molecule has 2 aromatic carbocycles. The van der Waals surface area contributed by atoms with Crippen molar-refractivity contribution in [2.45, 2.75) is 18.9 Å². The molecule has 1 N–H and O–H groups in total. The molecule has 3 aromatic heterocycles. The largest absolute Gasteiger partial charge is 0.343 e. The third-order valence-electron chi connectivity index (χ3n) is 5.75. The third kappa shape index (κ3) is 2.68. The molecule has 0 spiro atoms. The normalized spacial score (nSPS) is 16.2. The molecule has 0 saturated heterocycles. The second-order valence-electron chi connectivity index (χ2n) is 7.55. The first-order chi connectivity index (χ1) is 14.7. The monoisotopic (exact) mass is 432 g/mol. The zero-order chi connectivity index (χ0) is 20.2. The van der Waals surface area contributed by atoms with Gasteiger partial charge in [-0.25, -0.2) is 4.98 Å². The summed E-state index contributed by atoms with van der Waals surface area (Å²) in [6.45, 7) is 0.759. The number of carbonyl (C=O) groups is 1. The SMILES string of the molecule is O=C1CC(c2c(Cl)nc3sccn23)c2cn(Cc3ccccc3)c3cccc(c23)N1. The summed E-state index contributed by atoms with van der Waals surface area (Å²) in [5.74, 6) is -0.190. The van der Waals surface area contributed by atoms with Crippen molar-refractivity contribution >= 4 is 50.4 Å². The number of aromatic nitrogens is 3. The van der Waals surface area contributed by atoms with Crippen molar-refractivity contribution in [1.29, 1.82) is 0 Å². The minimum Gasteiger partial charge on any atom is -0.343 e. The molecule has 6 rings (SSSR count). The van der Waals surface area contributed by atoms with Gasteiger partial charge < -0.3 is 9.88 Å². The van der Waals surface area contributed by atoms with Crippen LogP contribution in [0, 0.1) is 0 Å². The van der Waals surface area contributed by atoms with Crippen molar-refractivity contribution in [3.63, 3.8) is 0 Å².